The lowest BCUT2D eigenvalue weighted by atomic mass is 9.65. The molecule has 1 aromatic heterocycles. The number of nitrogens with one attached hydrogen (secondary N) is 1. The van der Waals surface area contributed by atoms with Crippen LogP contribution in [0.25, 0.3) is 0 Å². The lowest BCUT2D eigenvalue weighted by Crippen LogP contribution is -2.62. The molecule has 2 amide bonds. The van der Waals surface area contributed by atoms with Crippen molar-refractivity contribution in [3.63, 3.8) is 0 Å². The number of rotatable bonds is 5. The number of carbonyl (C=O) groups is 2. The van der Waals surface area contributed by atoms with E-state index in [1.165, 1.54) is 11.3 Å². The fraction of sp³-hybridized carbons (Fsp3) is 0.500. The van der Waals surface area contributed by atoms with Crippen molar-refractivity contribution < 1.29 is 14.3 Å². The molecule has 0 bridgehead atoms. The van der Waals surface area contributed by atoms with Gasteiger partial charge in [-0.3, -0.25) is 14.9 Å². The number of anilines is 1. The maximum atomic E-state index is 13.5. The summed E-state index contributed by atoms with van der Waals surface area (Å²) in [7, 11) is 1.63. The zero-order chi connectivity index (χ0) is 19.6. The molecule has 1 unspecified atom stereocenters. The van der Waals surface area contributed by atoms with Crippen LogP contribution in [0.4, 0.5) is 5.13 Å². The Morgan fingerprint density at radius 1 is 1.32 bits per heavy atom. The van der Waals surface area contributed by atoms with Crippen LogP contribution < -0.4 is 5.32 Å². The summed E-state index contributed by atoms with van der Waals surface area (Å²) < 4.78 is 5.28. The summed E-state index contributed by atoms with van der Waals surface area (Å²) in [6.07, 6.45) is 4.75. The second kappa shape index (κ2) is 7.97. The summed E-state index contributed by atoms with van der Waals surface area (Å²) in [5.74, 6) is -0.571. The Morgan fingerprint density at radius 2 is 2.11 bits per heavy atom. The van der Waals surface area contributed by atoms with Crippen molar-refractivity contribution in [2.24, 2.45) is 0 Å². The Labute approximate surface area is 168 Å². The molecule has 28 heavy (non-hydrogen) atoms. The van der Waals surface area contributed by atoms with Crippen molar-refractivity contribution in [3.8, 4) is 0 Å². The van der Waals surface area contributed by atoms with Gasteiger partial charge in [0.2, 0.25) is 11.0 Å². The first-order valence-corrected chi connectivity index (χ1v) is 10.5. The lowest BCUT2D eigenvalue weighted by Gasteiger charge is -2.53. The number of methoxy groups -OCH3 is 1. The van der Waals surface area contributed by atoms with E-state index in [4.69, 9.17) is 4.74 Å². The molecule has 2 heterocycles. The molecule has 1 aliphatic carbocycles. The SMILES string of the molecule is COCCN1C(=O)c2ccccc2C(C(=O)Nc2nncs2)C12CCCCC2. The van der Waals surface area contributed by atoms with Crippen molar-refractivity contribution >= 4 is 28.3 Å². The maximum Gasteiger partial charge on any atom is 0.254 e. The zero-order valence-corrected chi connectivity index (χ0v) is 16.7. The molecule has 7 nitrogen and oxygen atoms in total. The molecule has 148 valence electrons. The number of carbonyl (C=O) groups excluding carboxylic acids is 2. The van der Waals surface area contributed by atoms with Crippen LogP contribution in [-0.4, -0.2) is 52.7 Å². The summed E-state index contributed by atoms with van der Waals surface area (Å²) in [5.41, 5.74) is 2.48. The second-order valence-corrected chi connectivity index (χ2v) is 8.20. The first-order chi connectivity index (χ1) is 13.7. The van der Waals surface area contributed by atoms with Crippen LogP contribution in [0.3, 0.4) is 0 Å². The summed E-state index contributed by atoms with van der Waals surface area (Å²) in [6.45, 7) is 0.923. The molecule has 4 rings (SSSR count). The van der Waals surface area contributed by atoms with E-state index in [0.717, 1.165) is 37.7 Å². The van der Waals surface area contributed by atoms with Gasteiger partial charge < -0.3 is 9.64 Å². The van der Waals surface area contributed by atoms with E-state index in [9.17, 15) is 9.59 Å². The van der Waals surface area contributed by atoms with E-state index >= 15 is 0 Å². The summed E-state index contributed by atoms with van der Waals surface area (Å²) in [6, 6.07) is 7.49. The first-order valence-electron chi connectivity index (χ1n) is 9.64. The first kappa shape index (κ1) is 19.0. The monoisotopic (exact) mass is 400 g/mol. The largest absolute Gasteiger partial charge is 0.383 e. The molecule has 0 radical (unpaired) electrons. The fourth-order valence-corrected chi connectivity index (χ4v) is 5.20. The van der Waals surface area contributed by atoms with Crippen LogP contribution in [0.15, 0.2) is 29.8 Å². The van der Waals surface area contributed by atoms with Crippen LogP contribution >= 0.6 is 11.3 Å². The van der Waals surface area contributed by atoms with Gasteiger partial charge in [0.1, 0.15) is 5.51 Å². The molecule has 1 aromatic carbocycles. The average molecular weight is 401 g/mol. The number of nitrogens with zero attached hydrogens (tertiary/aromatic N) is 3. The van der Waals surface area contributed by atoms with Crippen LogP contribution in [0, 0.1) is 0 Å². The molecule has 2 aliphatic rings. The van der Waals surface area contributed by atoms with Crippen molar-refractivity contribution in [2.75, 3.05) is 25.6 Å². The number of amides is 2. The molecule has 1 N–H and O–H groups in total. The highest BCUT2D eigenvalue weighted by molar-refractivity contribution is 7.13. The molecule has 1 saturated carbocycles. The maximum absolute atomic E-state index is 13.5. The standard InChI is InChI=1S/C20H24N4O3S/c1-27-12-11-24-18(26)15-8-4-3-7-14(15)16(20(24)9-5-2-6-10-20)17(25)22-19-23-21-13-28-19/h3-4,7-8,13,16H,2,5-6,9-12H2,1H3,(H,22,23,25). The number of ether oxygens (including phenoxy) is 1. The smallest absolute Gasteiger partial charge is 0.254 e. The van der Waals surface area contributed by atoms with E-state index in [0.29, 0.717) is 23.8 Å². The number of hydrogen-bond donors (Lipinski definition) is 1. The Balaban J connectivity index is 1.81. The van der Waals surface area contributed by atoms with Gasteiger partial charge in [-0.1, -0.05) is 48.8 Å². The van der Waals surface area contributed by atoms with Crippen molar-refractivity contribution in [2.45, 2.75) is 43.6 Å². The van der Waals surface area contributed by atoms with Gasteiger partial charge in [-0.05, 0) is 24.5 Å². The minimum absolute atomic E-state index is 0.00508. The third-order valence-corrected chi connectivity index (χ3v) is 6.52. The van der Waals surface area contributed by atoms with Gasteiger partial charge in [-0.2, -0.15) is 0 Å². The molecule has 1 aliphatic heterocycles. The topological polar surface area (TPSA) is 84.4 Å². The summed E-state index contributed by atoms with van der Waals surface area (Å²) in [5, 5.41) is 11.2. The molecule has 8 heteroatoms. The molecule has 2 aromatic rings. The minimum Gasteiger partial charge on any atom is -0.383 e. The van der Waals surface area contributed by atoms with E-state index < -0.39 is 11.5 Å². The van der Waals surface area contributed by atoms with Gasteiger partial charge in [0.25, 0.3) is 5.91 Å². The van der Waals surface area contributed by atoms with Gasteiger partial charge in [0, 0.05) is 19.2 Å². The number of benzene rings is 1. The predicted molar refractivity (Wildman–Crippen MR) is 106 cm³/mol. The Kier molecular flexibility index (Phi) is 5.41. The lowest BCUT2D eigenvalue weighted by molar-refractivity contribution is -0.122. The van der Waals surface area contributed by atoms with Gasteiger partial charge in [0.05, 0.1) is 18.1 Å². The highest BCUT2D eigenvalue weighted by Crippen LogP contribution is 2.49. The fourth-order valence-electron chi connectivity index (χ4n) is 4.76. The highest BCUT2D eigenvalue weighted by atomic mass is 32.1. The molecule has 1 atom stereocenters. The third-order valence-electron chi connectivity index (χ3n) is 5.91. The number of fused-ring (bicyclic) bond motifs is 1. The van der Waals surface area contributed by atoms with Crippen molar-refractivity contribution in [1.29, 1.82) is 0 Å². The van der Waals surface area contributed by atoms with Gasteiger partial charge in [-0.15, -0.1) is 10.2 Å². The second-order valence-electron chi connectivity index (χ2n) is 7.37. The van der Waals surface area contributed by atoms with Crippen LogP contribution in [0.2, 0.25) is 0 Å². The van der Waals surface area contributed by atoms with E-state index in [1.807, 2.05) is 29.2 Å². The number of aromatic nitrogens is 2. The quantitative estimate of drug-likeness (QED) is 0.834. The van der Waals surface area contributed by atoms with Gasteiger partial charge >= 0.3 is 0 Å². The molecular weight excluding hydrogens is 376 g/mol. The van der Waals surface area contributed by atoms with Gasteiger partial charge in [0.15, 0.2) is 0 Å². The van der Waals surface area contributed by atoms with Crippen LogP contribution in [0.1, 0.15) is 53.9 Å². The zero-order valence-electron chi connectivity index (χ0n) is 15.9. The van der Waals surface area contributed by atoms with Crippen molar-refractivity contribution in [1.82, 2.24) is 15.1 Å². The number of hydrogen-bond acceptors (Lipinski definition) is 6. The highest BCUT2D eigenvalue weighted by Gasteiger charge is 2.54. The Morgan fingerprint density at radius 3 is 2.82 bits per heavy atom. The molecule has 0 saturated heterocycles. The van der Waals surface area contributed by atoms with Gasteiger partial charge in [-0.25, -0.2) is 0 Å². The molecular formula is C20H24N4O3S. The van der Waals surface area contributed by atoms with E-state index in [1.54, 1.807) is 12.6 Å². The Bertz CT molecular complexity index is 849. The van der Waals surface area contributed by atoms with E-state index in [-0.39, 0.29) is 11.8 Å². The van der Waals surface area contributed by atoms with Crippen molar-refractivity contribution in [3.05, 3.63) is 40.9 Å². The molecule has 1 spiro atoms. The average Bonchev–Trinajstić information content (AvgIpc) is 3.22. The minimum atomic E-state index is -0.531. The van der Waals surface area contributed by atoms with E-state index in [2.05, 4.69) is 15.5 Å². The Hall–Kier alpha value is -2.32. The van der Waals surface area contributed by atoms with Crippen LogP contribution in [-0.2, 0) is 9.53 Å². The summed E-state index contributed by atoms with van der Waals surface area (Å²) in [4.78, 5) is 28.8. The van der Waals surface area contributed by atoms with Crippen LogP contribution in [0.5, 0.6) is 0 Å². The normalized spacial score (nSPS) is 20.8. The predicted octanol–water partition coefficient (Wildman–Crippen LogP) is 3.07. The summed E-state index contributed by atoms with van der Waals surface area (Å²) >= 11 is 1.29. The molecule has 1 fully saturated rings. The third kappa shape index (κ3) is 3.20.